The van der Waals surface area contributed by atoms with Crippen LogP contribution >= 0.6 is 0 Å². The molecule has 0 saturated carbocycles. The lowest BCUT2D eigenvalue weighted by Crippen LogP contribution is -2.51. The van der Waals surface area contributed by atoms with Gasteiger partial charge >= 0.3 is 0 Å². The summed E-state index contributed by atoms with van der Waals surface area (Å²) in [6, 6.07) is 14.7. The number of aromatic nitrogens is 1. The first-order valence-electron chi connectivity index (χ1n) is 9.94. The molecule has 0 aliphatic carbocycles. The van der Waals surface area contributed by atoms with Gasteiger partial charge in [-0.05, 0) is 38.2 Å². The highest BCUT2D eigenvalue weighted by Crippen LogP contribution is 2.45. The number of likely N-dealkylation sites (tertiary alicyclic amines) is 2. The van der Waals surface area contributed by atoms with Crippen molar-refractivity contribution in [2.24, 2.45) is 5.92 Å². The predicted octanol–water partition coefficient (Wildman–Crippen LogP) is 2.29. The first kappa shape index (κ1) is 18.3. The van der Waals surface area contributed by atoms with Gasteiger partial charge in [0.2, 0.25) is 0 Å². The molecule has 2 atom stereocenters. The van der Waals surface area contributed by atoms with Gasteiger partial charge < -0.3 is 19.7 Å². The van der Waals surface area contributed by atoms with Crippen molar-refractivity contribution in [1.29, 1.82) is 0 Å². The Morgan fingerprint density at radius 2 is 2.00 bits per heavy atom. The highest BCUT2D eigenvalue weighted by molar-refractivity contribution is 5.92. The Morgan fingerprint density at radius 3 is 2.70 bits per heavy atom. The molecule has 0 bridgehead atoms. The maximum absolute atomic E-state index is 12.9. The Balaban J connectivity index is 1.56. The largest absolute Gasteiger partial charge is 0.357 e. The molecule has 2 aliphatic heterocycles. The smallest absolute Gasteiger partial charge is 0.270 e. The molecule has 1 amide bonds. The van der Waals surface area contributed by atoms with Crippen molar-refractivity contribution in [3.63, 3.8) is 0 Å². The summed E-state index contributed by atoms with van der Waals surface area (Å²) in [5, 5.41) is 0. The van der Waals surface area contributed by atoms with Gasteiger partial charge in [-0.25, -0.2) is 0 Å². The average molecular weight is 367 g/mol. The number of fused-ring (bicyclic) bond motifs is 1. The topological polar surface area (TPSA) is 42.6 Å². The molecule has 0 unspecified atom stereocenters. The van der Waals surface area contributed by atoms with Crippen molar-refractivity contribution in [1.82, 2.24) is 19.7 Å². The van der Waals surface area contributed by atoms with Crippen LogP contribution in [0.2, 0.25) is 0 Å². The van der Waals surface area contributed by atoms with Gasteiger partial charge in [0.05, 0.1) is 0 Å². The second-order valence-corrected chi connectivity index (χ2v) is 8.34. The molecule has 1 aromatic heterocycles. The fourth-order valence-electron chi connectivity index (χ4n) is 4.86. The summed E-state index contributed by atoms with van der Waals surface area (Å²) in [7, 11) is 4.26. The van der Waals surface area contributed by atoms with Crippen LogP contribution in [0, 0.1) is 5.92 Å². The number of nitrogens with one attached hydrogen (secondary N) is 1. The van der Waals surface area contributed by atoms with Crippen LogP contribution in [-0.4, -0.2) is 79.0 Å². The van der Waals surface area contributed by atoms with Crippen molar-refractivity contribution >= 4 is 5.91 Å². The van der Waals surface area contributed by atoms with E-state index in [0.717, 1.165) is 45.7 Å². The lowest BCUT2D eigenvalue weighted by molar-refractivity contribution is 0.0597. The van der Waals surface area contributed by atoms with Crippen molar-refractivity contribution in [2.75, 3.05) is 53.4 Å². The van der Waals surface area contributed by atoms with Gasteiger partial charge in [-0.2, -0.15) is 0 Å². The summed E-state index contributed by atoms with van der Waals surface area (Å²) in [4.78, 5) is 22.8. The number of amides is 1. The number of aromatic amines is 1. The molecule has 27 heavy (non-hydrogen) atoms. The van der Waals surface area contributed by atoms with Crippen LogP contribution in [-0.2, 0) is 5.41 Å². The quantitative estimate of drug-likeness (QED) is 0.883. The minimum atomic E-state index is 0.133. The molecule has 1 aromatic carbocycles. The third-order valence-electron chi connectivity index (χ3n) is 6.36. The number of carbonyl (C=O) groups is 1. The third kappa shape index (κ3) is 3.54. The second kappa shape index (κ2) is 7.49. The minimum absolute atomic E-state index is 0.133. The maximum atomic E-state index is 12.9. The van der Waals surface area contributed by atoms with Gasteiger partial charge in [0.1, 0.15) is 5.69 Å². The number of carbonyl (C=O) groups excluding carboxylic acids is 1. The molecule has 2 aromatic rings. The van der Waals surface area contributed by atoms with Crippen molar-refractivity contribution in [3.8, 4) is 0 Å². The number of hydrogen-bond donors (Lipinski definition) is 1. The van der Waals surface area contributed by atoms with E-state index in [-0.39, 0.29) is 11.3 Å². The van der Waals surface area contributed by atoms with E-state index in [1.54, 1.807) is 0 Å². The number of H-pyrrole nitrogens is 1. The van der Waals surface area contributed by atoms with Crippen LogP contribution in [0.15, 0.2) is 48.7 Å². The van der Waals surface area contributed by atoms with E-state index in [4.69, 9.17) is 0 Å². The fraction of sp³-hybridized carbons (Fsp3) is 0.500. The highest BCUT2D eigenvalue weighted by atomic mass is 16.2. The van der Waals surface area contributed by atoms with Crippen LogP contribution in [0.5, 0.6) is 0 Å². The fourth-order valence-corrected chi connectivity index (χ4v) is 4.86. The van der Waals surface area contributed by atoms with E-state index >= 15 is 0 Å². The van der Waals surface area contributed by atoms with Crippen LogP contribution in [0.3, 0.4) is 0 Å². The Bertz CT molecular complexity index is 758. The SMILES string of the molecule is CN(C)CCN1C[C@H]2CN(C(=O)c3ccc[nH]3)CC[C@@]2(c2ccccc2)C1. The summed E-state index contributed by atoms with van der Waals surface area (Å²) in [5.41, 5.74) is 2.30. The number of rotatable bonds is 5. The van der Waals surface area contributed by atoms with Gasteiger partial charge in [-0.15, -0.1) is 0 Å². The van der Waals surface area contributed by atoms with Crippen LogP contribution in [0.1, 0.15) is 22.5 Å². The molecule has 2 aliphatic rings. The molecule has 2 saturated heterocycles. The zero-order valence-corrected chi connectivity index (χ0v) is 16.4. The molecule has 5 nitrogen and oxygen atoms in total. The summed E-state index contributed by atoms with van der Waals surface area (Å²) in [5.74, 6) is 0.614. The zero-order chi connectivity index (χ0) is 18.9. The van der Waals surface area contributed by atoms with E-state index in [1.165, 1.54) is 5.56 Å². The van der Waals surface area contributed by atoms with E-state index in [0.29, 0.717) is 11.6 Å². The first-order valence-corrected chi connectivity index (χ1v) is 9.94. The summed E-state index contributed by atoms with van der Waals surface area (Å²) in [6.45, 7) is 5.98. The van der Waals surface area contributed by atoms with Crippen molar-refractivity contribution in [2.45, 2.75) is 11.8 Å². The molecule has 144 valence electrons. The lowest BCUT2D eigenvalue weighted by atomic mass is 9.68. The Morgan fingerprint density at radius 1 is 1.19 bits per heavy atom. The monoisotopic (exact) mass is 366 g/mol. The van der Waals surface area contributed by atoms with Gasteiger partial charge in [0, 0.05) is 56.8 Å². The van der Waals surface area contributed by atoms with Crippen molar-refractivity contribution < 1.29 is 4.79 Å². The molecule has 2 fully saturated rings. The van der Waals surface area contributed by atoms with E-state index in [1.807, 2.05) is 23.2 Å². The first-order chi connectivity index (χ1) is 13.1. The average Bonchev–Trinajstić information content (AvgIpc) is 3.34. The number of nitrogens with zero attached hydrogens (tertiary/aromatic N) is 3. The molecule has 0 spiro atoms. The Hall–Kier alpha value is -2.11. The summed E-state index contributed by atoms with van der Waals surface area (Å²) >= 11 is 0. The molecule has 0 radical (unpaired) electrons. The van der Waals surface area contributed by atoms with Gasteiger partial charge in [-0.1, -0.05) is 30.3 Å². The zero-order valence-electron chi connectivity index (χ0n) is 16.4. The van der Waals surface area contributed by atoms with Crippen LogP contribution < -0.4 is 0 Å². The lowest BCUT2D eigenvalue weighted by Gasteiger charge is -2.44. The molecular formula is C22H30N4O. The summed E-state index contributed by atoms with van der Waals surface area (Å²) in [6.07, 6.45) is 2.86. The number of hydrogen-bond acceptors (Lipinski definition) is 3. The van der Waals surface area contributed by atoms with Crippen molar-refractivity contribution in [3.05, 3.63) is 59.9 Å². The van der Waals surface area contributed by atoms with Crippen LogP contribution in [0.25, 0.3) is 0 Å². The Labute approximate surface area is 162 Å². The summed E-state index contributed by atoms with van der Waals surface area (Å²) < 4.78 is 0. The van der Waals surface area contributed by atoms with Gasteiger partial charge in [-0.3, -0.25) is 4.79 Å². The standard InChI is InChI=1S/C22H30N4O/c1-24(2)13-14-25-15-19-16-26(21(27)20-9-6-11-23-20)12-10-22(19,17-25)18-7-4-3-5-8-18/h3-9,11,19,23H,10,12-17H2,1-2H3/t19-,22-/m0/s1. The normalized spacial score (nSPS) is 25.7. The molecule has 4 rings (SSSR count). The van der Waals surface area contributed by atoms with Crippen LogP contribution in [0.4, 0.5) is 0 Å². The number of piperidine rings is 1. The highest BCUT2D eigenvalue weighted by Gasteiger charge is 2.50. The molecule has 1 N–H and O–H groups in total. The third-order valence-corrected chi connectivity index (χ3v) is 6.36. The van der Waals surface area contributed by atoms with Gasteiger partial charge in [0.15, 0.2) is 0 Å². The maximum Gasteiger partial charge on any atom is 0.270 e. The molecular weight excluding hydrogens is 336 g/mol. The second-order valence-electron chi connectivity index (χ2n) is 8.34. The number of benzene rings is 1. The van der Waals surface area contributed by atoms with E-state index in [9.17, 15) is 4.79 Å². The Kier molecular flexibility index (Phi) is 5.06. The predicted molar refractivity (Wildman–Crippen MR) is 108 cm³/mol. The van der Waals surface area contributed by atoms with Gasteiger partial charge in [0.25, 0.3) is 5.91 Å². The molecule has 3 heterocycles. The van der Waals surface area contributed by atoms with E-state index < -0.39 is 0 Å². The number of likely N-dealkylation sites (N-methyl/N-ethyl adjacent to an activating group) is 1. The minimum Gasteiger partial charge on any atom is -0.357 e. The van der Waals surface area contributed by atoms with E-state index in [2.05, 4.69) is 59.2 Å². The molecule has 5 heteroatoms.